The van der Waals surface area contributed by atoms with Crippen molar-refractivity contribution in [2.45, 2.75) is 32.7 Å². The van der Waals surface area contributed by atoms with Crippen LogP contribution in [-0.4, -0.2) is 19.0 Å². The van der Waals surface area contributed by atoms with Crippen molar-refractivity contribution in [3.05, 3.63) is 34.1 Å². The molecule has 2 N–H and O–H groups in total. The molecule has 110 valence electrons. The van der Waals surface area contributed by atoms with Crippen LogP contribution in [-0.2, 0) is 11.3 Å². The number of rotatable bonds is 4. The standard InChI is InChI=1S/C15H20BrFN2O/c1-2-15(5-7-18-8-6-15)14(20)19-10-11-9-12(17)3-4-13(11)16/h3-4,9,18H,2,5-8,10H2,1H3,(H,19,20). The second-order valence-corrected chi connectivity index (χ2v) is 6.16. The molecule has 0 radical (unpaired) electrons. The van der Waals surface area contributed by atoms with Gasteiger partial charge < -0.3 is 10.6 Å². The van der Waals surface area contributed by atoms with E-state index < -0.39 is 0 Å². The van der Waals surface area contributed by atoms with Gasteiger partial charge in [0.05, 0.1) is 5.41 Å². The number of hydrogen-bond acceptors (Lipinski definition) is 2. The molecule has 3 nitrogen and oxygen atoms in total. The average Bonchev–Trinajstić information content (AvgIpc) is 2.48. The second-order valence-electron chi connectivity index (χ2n) is 5.30. The van der Waals surface area contributed by atoms with E-state index in [4.69, 9.17) is 0 Å². The molecule has 1 aliphatic heterocycles. The SMILES string of the molecule is CCC1(C(=O)NCc2cc(F)ccc2Br)CCNCC1. The third kappa shape index (κ3) is 3.38. The molecular weight excluding hydrogens is 323 g/mol. The van der Waals surface area contributed by atoms with Gasteiger partial charge in [0, 0.05) is 11.0 Å². The van der Waals surface area contributed by atoms with Gasteiger partial charge in [-0.1, -0.05) is 22.9 Å². The lowest BCUT2D eigenvalue weighted by Crippen LogP contribution is -2.47. The van der Waals surface area contributed by atoms with E-state index in [9.17, 15) is 9.18 Å². The van der Waals surface area contributed by atoms with E-state index in [1.807, 2.05) is 0 Å². The van der Waals surface area contributed by atoms with Gasteiger partial charge >= 0.3 is 0 Å². The molecule has 1 aliphatic rings. The van der Waals surface area contributed by atoms with Gasteiger partial charge in [0.25, 0.3) is 0 Å². The fourth-order valence-electron chi connectivity index (χ4n) is 2.69. The highest BCUT2D eigenvalue weighted by Crippen LogP contribution is 2.32. The number of halogens is 2. The van der Waals surface area contributed by atoms with Gasteiger partial charge in [-0.25, -0.2) is 4.39 Å². The van der Waals surface area contributed by atoms with E-state index in [-0.39, 0.29) is 17.1 Å². The molecule has 1 heterocycles. The number of piperidine rings is 1. The topological polar surface area (TPSA) is 41.1 Å². The smallest absolute Gasteiger partial charge is 0.226 e. The Kier molecular flexibility index (Phi) is 5.16. The summed E-state index contributed by atoms with van der Waals surface area (Å²) in [7, 11) is 0. The monoisotopic (exact) mass is 342 g/mol. The van der Waals surface area contributed by atoms with Crippen LogP contribution in [0, 0.1) is 11.2 Å². The third-order valence-electron chi connectivity index (χ3n) is 4.17. The zero-order valence-electron chi connectivity index (χ0n) is 11.6. The van der Waals surface area contributed by atoms with Crippen LogP contribution in [0.25, 0.3) is 0 Å². The summed E-state index contributed by atoms with van der Waals surface area (Å²) in [5.41, 5.74) is 0.490. The maximum atomic E-state index is 13.2. The molecule has 1 aromatic rings. The highest BCUT2D eigenvalue weighted by atomic mass is 79.9. The summed E-state index contributed by atoms with van der Waals surface area (Å²) < 4.78 is 14.0. The summed E-state index contributed by atoms with van der Waals surface area (Å²) in [6, 6.07) is 4.51. The lowest BCUT2D eigenvalue weighted by atomic mass is 9.76. The van der Waals surface area contributed by atoms with Crippen LogP contribution in [0.4, 0.5) is 4.39 Å². The Bertz CT molecular complexity index is 487. The molecule has 1 saturated heterocycles. The predicted octanol–water partition coefficient (Wildman–Crippen LogP) is 2.98. The molecule has 0 bridgehead atoms. The van der Waals surface area contributed by atoms with Crippen LogP contribution < -0.4 is 10.6 Å². The molecule has 0 atom stereocenters. The van der Waals surface area contributed by atoms with Crippen molar-refractivity contribution in [2.75, 3.05) is 13.1 Å². The van der Waals surface area contributed by atoms with Gasteiger partial charge in [0.15, 0.2) is 0 Å². The van der Waals surface area contributed by atoms with Crippen molar-refractivity contribution in [3.8, 4) is 0 Å². The zero-order chi connectivity index (χ0) is 14.6. The van der Waals surface area contributed by atoms with Crippen molar-refractivity contribution in [1.82, 2.24) is 10.6 Å². The third-order valence-corrected chi connectivity index (χ3v) is 4.94. The summed E-state index contributed by atoms with van der Waals surface area (Å²) in [4.78, 5) is 12.5. The van der Waals surface area contributed by atoms with Crippen molar-refractivity contribution in [1.29, 1.82) is 0 Å². The van der Waals surface area contributed by atoms with Crippen molar-refractivity contribution < 1.29 is 9.18 Å². The fourth-order valence-corrected chi connectivity index (χ4v) is 3.08. The van der Waals surface area contributed by atoms with E-state index in [0.29, 0.717) is 6.54 Å². The quantitative estimate of drug-likeness (QED) is 0.883. The van der Waals surface area contributed by atoms with Gasteiger partial charge in [-0.05, 0) is 56.1 Å². The van der Waals surface area contributed by atoms with Crippen LogP contribution in [0.3, 0.4) is 0 Å². The lowest BCUT2D eigenvalue weighted by molar-refractivity contribution is -0.133. The second kappa shape index (κ2) is 6.68. The van der Waals surface area contributed by atoms with E-state index >= 15 is 0 Å². The number of benzene rings is 1. The molecule has 1 aromatic carbocycles. The summed E-state index contributed by atoms with van der Waals surface area (Å²) in [6.07, 6.45) is 2.56. The Hall–Kier alpha value is -0.940. The zero-order valence-corrected chi connectivity index (χ0v) is 13.2. The number of nitrogens with one attached hydrogen (secondary N) is 2. The molecule has 2 rings (SSSR count). The summed E-state index contributed by atoms with van der Waals surface area (Å²) >= 11 is 3.38. The largest absolute Gasteiger partial charge is 0.352 e. The lowest BCUT2D eigenvalue weighted by Gasteiger charge is -2.35. The maximum Gasteiger partial charge on any atom is 0.226 e. The van der Waals surface area contributed by atoms with Crippen LogP contribution in [0.1, 0.15) is 31.7 Å². The fraction of sp³-hybridized carbons (Fsp3) is 0.533. The Morgan fingerprint density at radius 1 is 1.45 bits per heavy atom. The number of amides is 1. The molecule has 5 heteroatoms. The maximum absolute atomic E-state index is 13.2. The molecule has 1 fully saturated rings. The highest BCUT2D eigenvalue weighted by molar-refractivity contribution is 9.10. The van der Waals surface area contributed by atoms with Crippen LogP contribution in [0.5, 0.6) is 0 Å². The molecular formula is C15H20BrFN2O. The van der Waals surface area contributed by atoms with E-state index in [2.05, 4.69) is 33.5 Å². The number of carbonyl (C=O) groups is 1. The minimum atomic E-state index is -0.287. The molecule has 0 unspecified atom stereocenters. The first-order valence-electron chi connectivity index (χ1n) is 7.00. The van der Waals surface area contributed by atoms with Crippen molar-refractivity contribution >= 4 is 21.8 Å². The van der Waals surface area contributed by atoms with Crippen LogP contribution >= 0.6 is 15.9 Å². The van der Waals surface area contributed by atoms with Crippen LogP contribution in [0.2, 0.25) is 0 Å². The number of carbonyl (C=O) groups excluding carboxylic acids is 1. The first-order chi connectivity index (χ1) is 9.57. The summed E-state index contributed by atoms with van der Waals surface area (Å²) in [5.74, 6) is -0.206. The normalized spacial score (nSPS) is 17.8. The minimum Gasteiger partial charge on any atom is -0.352 e. The van der Waals surface area contributed by atoms with Crippen LogP contribution in [0.15, 0.2) is 22.7 Å². The Balaban J connectivity index is 2.02. The van der Waals surface area contributed by atoms with E-state index in [1.54, 1.807) is 6.07 Å². The van der Waals surface area contributed by atoms with E-state index in [0.717, 1.165) is 42.4 Å². The molecule has 0 aliphatic carbocycles. The molecule has 1 amide bonds. The Morgan fingerprint density at radius 2 is 2.15 bits per heavy atom. The molecule has 0 spiro atoms. The summed E-state index contributed by atoms with van der Waals surface area (Å²) in [6.45, 7) is 4.17. The summed E-state index contributed by atoms with van der Waals surface area (Å²) in [5, 5.41) is 6.25. The van der Waals surface area contributed by atoms with Gasteiger partial charge in [-0.15, -0.1) is 0 Å². The van der Waals surface area contributed by atoms with Gasteiger partial charge in [0.1, 0.15) is 5.82 Å². The Labute approximate surface area is 127 Å². The molecule has 0 saturated carbocycles. The Morgan fingerprint density at radius 3 is 2.80 bits per heavy atom. The van der Waals surface area contributed by atoms with Crippen molar-refractivity contribution in [2.24, 2.45) is 5.41 Å². The van der Waals surface area contributed by atoms with Crippen molar-refractivity contribution in [3.63, 3.8) is 0 Å². The van der Waals surface area contributed by atoms with Gasteiger partial charge in [-0.2, -0.15) is 0 Å². The van der Waals surface area contributed by atoms with Gasteiger partial charge in [0.2, 0.25) is 5.91 Å². The molecule has 0 aromatic heterocycles. The first-order valence-corrected chi connectivity index (χ1v) is 7.80. The number of hydrogen-bond donors (Lipinski definition) is 2. The highest BCUT2D eigenvalue weighted by Gasteiger charge is 2.37. The predicted molar refractivity (Wildman–Crippen MR) is 80.8 cm³/mol. The van der Waals surface area contributed by atoms with Gasteiger partial charge in [-0.3, -0.25) is 4.79 Å². The average molecular weight is 343 g/mol. The molecule has 20 heavy (non-hydrogen) atoms. The minimum absolute atomic E-state index is 0.0812. The first kappa shape index (κ1) is 15.4. The van der Waals surface area contributed by atoms with E-state index in [1.165, 1.54) is 12.1 Å².